The van der Waals surface area contributed by atoms with E-state index in [9.17, 15) is 13.2 Å². The maximum atomic E-state index is 12.6. The molecular formula is C12H19N3O3S. The van der Waals surface area contributed by atoms with Crippen LogP contribution in [0.25, 0.3) is 0 Å². The maximum absolute atomic E-state index is 12.6. The molecule has 1 aromatic rings. The molecule has 1 aliphatic heterocycles. The average molecular weight is 285 g/mol. The summed E-state index contributed by atoms with van der Waals surface area (Å²) < 4.78 is 26.6. The van der Waals surface area contributed by atoms with E-state index in [1.807, 2.05) is 0 Å². The fourth-order valence-corrected chi connectivity index (χ4v) is 4.40. The second kappa shape index (κ2) is 5.05. The molecule has 1 fully saturated rings. The van der Waals surface area contributed by atoms with Crippen molar-refractivity contribution >= 4 is 15.8 Å². The summed E-state index contributed by atoms with van der Waals surface area (Å²) in [5, 5.41) is 6.63. The second-order valence-corrected chi connectivity index (χ2v) is 6.95. The van der Waals surface area contributed by atoms with Crippen LogP contribution < -0.4 is 0 Å². The van der Waals surface area contributed by atoms with Gasteiger partial charge in [-0.25, -0.2) is 8.42 Å². The van der Waals surface area contributed by atoms with Crippen LogP contribution in [0.4, 0.5) is 0 Å². The lowest BCUT2D eigenvalue weighted by Gasteiger charge is -2.30. The Hall–Kier alpha value is -1.21. The number of aromatic nitrogens is 2. The molecule has 0 radical (unpaired) electrons. The van der Waals surface area contributed by atoms with Crippen LogP contribution in [0.1, 0.15) is 31.2 Å². The minimum absolute atomic E-state index is 0.0561. The summed E-state index contributed by atoms with van der Waals surface area (Å²) in [5.74, 6) is -0.128. The molecule has 0 saturated carbocycles. The van der Waals surface area contributed by atoms with Gasteiger partial charge in [0.05, 0.1) is 11.4 Å². The summed E-state index contributed by atoms with van der Waals surface area (Å²) in [7, 11) is -3.56. The first-order valence-electron chi connectivity index (χ1n) is 6.36. The van der Waals surface area contributed by atoms with Crippen LogP contribution in [0.2, 0.25) is 0 Å². The van der Waals surface area contributed by atoms with Gasteiger partial charge < -0.3 is 0 Å². The quantitative estimate of drug-likeness (QED) is 0.898. The summed E-state index contributed by atoms with van der Waals surface area (Å²) in [6, 6.07) is 0. The summed E-state index contributed by atoms with van der Waals surface area (Å²) in [4.78, 5) is 11.7. The Kier molecular flexibility index (Phi) is 3.78. The van der Waals surface area contributed by atoms with Gasteiger partial charge in [0.2, 0.25) is 10.0 Å². The van der Waals surface area contributed by atoms with E-state index < -0.39 is 10.0 Å². The van der Waals surface area contributed by atoms with Gasteiger partial charge in [0, 0.05) is 19.0 Å². The standard InChI is InChI=1S/C12H19N3O3S/c1-8-12(9(2)14-13-8)19(17,18)15-6-4-5-11(7-15)10(3)16/h11H,4-7H2,1-3H3,(H,13,14). The van der Waals surface area contributed by atoms with Crippen LogP contribution >= 0.6 is 0 Å². The highest BCUT2D eigenvalue weighted by atomic mass is 32.2. The molecule has 1 saturated heterocycles. The van der Waals surface area contributed by atoms with Gasteiger partial charge >= 0.3 is 0 Å². The molecule has 106 valence electrons. The number of nitrogens with zero attached hydrogens (tertiary/aromatic N) is 2. The molecule has 0 amide bonds. The largest absolute Gasteiger partial charge is 0.300 e. The van der Waals surface area contributed by atoms with Crippen molar-refractivity contribution in [2.45, 2.75) is 38.5 Å². The normalized spacial score (nSPS) is 21.5. The number of aromatic amines is 1. The third-order valence-corrected chi connectivity index (χ3v) is 5.75. The molecule has 0 aliphatic carbocycles. The smallest absolute Gasteiger partial charge is 0.246 e. The molecule has 6 nitrogen and oxygen atoms in total. The van der Waals surface area contributed by atoms with Gasteiger partial charge in [-0.1, -0.05) is 0 Å². The first kappa shape index (κ1) is 14.2. The number of carbonyl (C=O) groups is 1. The van der Waals surface area contributed by atoms with Crippen LogP contribution in [0.5, 0.6) is 0 Å². The number of sulfonamides is 1. The first-order valence-corrected chi connectivity index (χ1v) is 7.80. The van der Waals surface area contributed by atoms with Gasteiger partial charge in [0.15, 0.2) is 0 Å². The third kappa shape index (κ3) is 2.57. The number of piperidine rings is 1. The zero-order valence-corrected chi connectivity index (χ0v) is 12.2. The minimum Gasteiger partial charge on any atom is -0.300 e. The van der Waals surface area contributed by atoms with E-state index in [1.165, 1.54) is 11.2 Å². The minimum atomic E-state index is -3.56. The Morgan fingerprint density at radius 2 is 2.11 bits per heavy atom. The zero-order chi connectivity index (χ0) is 14.2. The summed E-state index contributed by atoms with van der Waals surface area (Å²) >= 11 is 0. The van der Waals surface area contributed by atoms with E-state index in [-0.39, 0.29) is 23.1 Å². The number of hydrogen-bond donors (Lipinski definition) is 1. The molecule has 1 N–H and O–H groups in total. The number of carbonyl (C=O) groups excluding carboxylic acids is 1. The summed E-state index contributed by atoms with van der Waals surface area (Å²) in [6.07, 6.45) is 1.49. The number of ketones is 1. The molecule has 1 aromatic heterocycles. The lowest BCUT2D eigenvalue weighted by atomic mass is 9.96. The number of Topliss-reactive ketones (excluding diaryl/α,β-unsaturated/α-hetero) is 1. The molecule has 19 heavy (non-hydrogen) atoms. The highest BCUT2D eigenvalue weighted by Crippen LogP contribution is 2.26. The number of hydrogen-bond acceptors (Lipinski definition) is 4. The second-order valence-electron chi connectivity index (χ2n) is 5.08. The van der Waals surface area contributed by atoms with Gasteiger partial charge in [-0.15, -0.1) is 0 Å². The number of rotatable bonds is 3. The van der Waals surface area contributed by atoms with Gasteiger partial charge in [-0.2, -0.15) is 9.40 Å². The highest BCUT2D eigenvalue weighted by Gasteiger charge is 2.34. The van der Waals surface area contributed by atoms with Gasteiger partial charge in [0.1, 0.15) is 10.7 Å². The third-order valence-electron chi connectivity index (χ3n) is 3.62. The molecule has 1 unspecified atom stereocenters. The van der Waals surface area contributed by atoms with Crippen molar-refractivity contribution in [3.8, 4) is 0 Å². The number of nitrogens with one attached hydrogen (secondary N) is 1. The van der Waals surface area contributed by atoms with Crippen LogP contribution in [0, 0.1) is 19.8 Å². The fraction of sp³-hybridized carbons (Fsp3) is 0.667. The maximum Gasteiger partial charge on any atom is 0.246 e. The van der Waals surface area contributed by atoms with Gasteiger partial charge in [0.25, 0.3) is 0 Å². The Morgan fingerprint density at radius 3 is 2.63 bits per heavy atom. The van der Waals surface area contributed by atoms with E-state index in [1.54, 1.807) is 13.8 Å². The fourth-order valence-electron chi connectivity index (χ4n) is 2.54. The molecule has 2 rings (SSSR count). The highest BCUT2D eigenvalue weighted by molar-refractivity contribution is 7.89. The Morgan fingerprint density at radius 1 is 1.42 bits per heavy atom. The predicted molar refractivity (Wildman–Crippen MR) is 70.2 cm³/mol. The molecule has 1 atom stereocenters. The van der Waals surface area contributed by atoms with Crippen molar-refractivity contribution in [2.75, 3.05) is 13.1 Å². The lowest BCUT2D eigenvalue weighted by molar-refractivity contribution is -0.121. The van der Waals surface area contributed by atoms with Gasteiger partial charge in [-0.05, 0) is 33.6 Å². The van der Waals surface area contributed by atoms with E-state index in [0.717, 1.165) is 12.8 Å². The number of aryl methyl sites for hydroxylation is 2. The first-order chi connectivity index (χ1) is 8.84. The van der Waals surface area contributed by atoms with Crippen molar-refractivity contribution in [3.05, 3.63) is 11.4 Å². The topological polar surface area (TPSA) is 83.1 Å². The molecule has 2 heterocycles. The number of H-pyrrole nitrogens is 1. The Bertz CT molecular complexity index is 572. The van der Waals surface area contributed by atoms with Crippen molar-refractivity contribution < 1.29 is 13.2 Å². The van der Waals surface area contributed by atoms with E-state index in [4.69, 9.17) is 0 Å². The molecule has 0 aromatic carbocycles. The summed E-state index contributed by atoms with van der Waals surface area (Å²) in [5.41, 5.74) is 1.02. The zero-order valence-electron chi connectivity index (χ0n) is 11.4. The Labute approximate surface area is 113 Å². The van der Waals surface area contributed by atoms with Crippen molar-refractivity contribution in [2.24, 2.45) is 5.92 Å². The lowest BCUT2D eigenvalue weighted by Crippen LogP contribution is -2.42. The summed E-state index contributed by atoms with van der Waals surface area (Å²) in [6.45, 7) is 5.63. The van der Waals surface area contributed by atoms with Crippen molar-refractivity contribution in [1.82, 2.24) is 14.5 Å². The molecule has 0 spiro atoms. The molecule has 7 heteroatoms. The van der Waals surface area contributed by atoms with Crippen LogP contribution in [-0.4, -0.2) is 41.8 Å². The SMILES string of the molecule is CC(=O)C1CCCN(S(=O)(=O)c2c(C)n[nH]c2C)C1. The molecule has 0 bridgehead atoms. The van der Waals surface area contributed by atoms with Crippen molar-refractivity contribution in [3.63, 3.8) is 0 Å². The van der Waals surface area contributed by atoms with Crippen molar-refractivity contribution in [1.29, 1.82) is 0 Å². The van der Waals surface area contributed by atoms with Crippen LogP contribution in [0.15, 0.2) is 4.90 Å². The molecule has 1 aliphatic rings. The monoisotopic (exact) mass is 285 g/mol. The van der Waals surface area contributed by atoms with Crippen LogP contribution in [-0.2, 0) is 14.8 Å². The van der Waals surface area contributed by atoms with Gasteiger partial charge in [-0.3, -0.25) is 9.89 Å². The van der Waals surface area contributed by atoms with E-state index in [2.05, 4.69) is 10.2 Å². The average Bonchev–Trinajstić information content (AvgIpc) is 2.69. The Balaban J connectivity index is 2.32. The molecular weight excluding hydrogens is 266 g/mol. The van der Waals surface area contributed by atoms with Crippen LogP contribution in [0.3, 0.4) is 0 Å². The van der Waals surface area contributed by atoms with E-state index >= 15 is 0 Å². The predicted octanol–water partition coefficient (Wildman–Crippen LogP) is 1.02. The van der Waals surface area contributed by atoms with E-state index in [0.29, 0.717) is 17.9 Å².